The number of unbranched alkanes of at least 4 members (excludes halogenated alkanes) is 2. The maximum Gasteiger partial charge on any atom is -0.0100 e. The molecule has 3 unspecified atom stereocenters. The first-order chi connectivity index (χ1) is 8.42. The molecule has 2 rings (SSSR count). The fourth-order valence-corrected chi connectivity index (χ4v) is 3.72. The first kappa shape index (κ1) is 13.1. The maximum atomic E-state index is 2.36. The van der Waals surface area contributed by atoms with Crippen molar-refractivity contribution in [3.05, 3.63) is 12.2 Å². The van der Waals surface area contributed by atoms with Gasteiger partial charge in [0.1, 0.15) is 0 Å². The SMILES string of the molecule is CCCCC=S=C/C=C\CCC1CCC2CC12. The van der Waals surface area contributed by atoms with Crippen LogP contribution in [0.15, 0.2) is 12.2 Å². The van der Waals surface area contributed by atoms with Gasteiger partial charge in [0.15, 0.2) is 0 Å². The topological polar surface area (TPSA) is 0 Å². The molecule has 0 aromatic heterocycles. The Bertz CT molecular complexity index is 309. The van der Waals surface area contributed by atoms with Gasteiger partial charge in [-0.15, -0.1) is 0 Å². The van der Waals surface area contributed by atoms with Crippen LogP contribution < -0.4 is 0 Å². The predicted octanol–water partition coefficient (Wildman–Crippen LogP) is 4.90. The zero-order chi connectivity index (χ0) is 11.9. The Morgan fingerprint density at radius 2 is 2.18 bits per heavy atom. The van der Waals surface area contributed by atoms with Crippen LogP contribution in [0.25, 0.3) is 0 Å². The highest BCUT2D eigenvalue weighted by atomic mass is 32.1. The van der Waals surface area contributed by atoms with Crippen molar-refractivity contribution >= 4 is 21.7 Å². The number of hydrogen-bond donors (Lipinski definition) is 0. The van der Waals surface area contributed by atoms with Crippen LogP contribution in [0.1, 0.15) is 58.3 Å². The lowest BCUT2D eigenvalue weighted by Gasteiger charge is -2.08. The van der Waals surface area contributed by atoms with Gasteiger partial charge in [0.2, 0.25) is 0 Å². The van der Waals surface area contributed by atoms with Gasteiger partial charge >= 0.3 is 0 Å². The summed E-state index contributed by atoms with van der Waals surface area (Å²) in [4.78, 5) is 0. The summed E-state index contributed by atoms with van der Waals surface area (Å²) in [5.41, 5.74) is 0. The number of fused-ring (bicyclic) bond motifs is 1. The summed E-state index contributed by atoms with van der Waals surface area (Å²) in [6, 6.07) is 0. The van der Waals surface area contributed by atoms with E-state index in [0.717, 1.165) is 17.8 Å². The van der Waals surface area contributed by atoms with Gasteiger partial charge in [-0.2, -0.15) is 10.9 Å². The fourth-order valence-electron chi connectivity index (χ4n) is 3.10. The summed E-state index contributed by atoms with van der Waals surface area (Å²) in [6.07, 6.45) is 15.8. The van der Waals surface area contributed by atoms with Crippen LogP contribution >= 0.6 is 10.9 Å². The maximum absolute atomic E-state index is 2.36. The van der Waals surface area contributed by atoms with Gasteiger partial charge in [0.05, 0.1) is 0 Å². The summed E-state index contributed by atoms with van der Waals surface area (Å²) < 4.78 is 0. The van der Waals surface area contributed by atoms with Gasteiger partial charge in [0.25, 0.3) is 0 Å². The van der Waals surface area contributed by atoms with E-state index in [1.807, 2.05) is 10.9 Å². The highest BCUT2D eigenvalue weighted by Crippen LogP contribution is 2.56. The average molecular weight is 250 g/mol. The number of allylic oxidation sites excluding steroid dienone is 2. The normalized spacial score (nSPS) is 30.3. The minimum absolute atomic E-state index is 1.08. The molecule has 2 aliphatic carbocycles. The summed E-state index contributed by atoms with van der Waals surface area (Å²) in [5.74, 6) is 3.37. The second-order valence-electron chi connectivity index (χ2n) is 5.58. The summed E-state index contributed by atoms with van der Waals surface area (Å²) in [6.45, 7) is 2.25. The second kappa shape index (κ2) is 7.20. The second-order valence-corrected chi connectivity index (χ2v) is 6.46. The van der Waals surface area contributed by atoms with Crippen molar-refractivity contribution < 1.29 is 0 Å². The van der Waals surface area contributed by atoms with Crippen molar-refractivity contribution in [1.29, 1.82) is 0 Å². The van der Waals surface area contributed by atoms with Gasteiger partial charge < -0.3 is 0 Å². The molecule has 1 heteroatoms. The van der Waals surface area contributed by atoms with E-state index in [2.05, 4.69) is 29.8 Å². The quantitative estimate of drug-likeness (QED) is 0.342. The molecule has 17 heavy (non-hydrogen) atoms. The van der Waals surface area contributed by atoms with Crippen LogP contribution in [-0.4, -0.2) is 10.7 Å². The van der Waals surface area contributed by atoms with Crippen LogP contribution in [0.3, 0.4) is 0 Å². The zero-order valence-electron chi connectivity index (χ0n) is 11.1. The van der Waals surface area contributed by atoms with Gasteiger partial charge in [-0.25, -0.2) is 0 Å². The van der Waals surface area contributed by atoms with Crippen LogP contribution in [0.2, 0.25) is 0 Å². The largest absolute Gasteiger partial charge is 0.157 e. The molecule has 0 N–H and O–H groups in total. The van der Waals surface area contributed by atoms with Crippen molar-refractivity contribution in [3.63, 3.8) is 0 Å². The molecule has 0 spiro atoms. The highest BCUT2D eigenvalue weighted by molar-refractivity contribution is 7.96. The Labute approximate surface area is 110 Å². The molecule has 3 atom stereocenters. The Morgan fingerprint density at radius 1 is 1.24 bits per heavy atom. The molecule has 2 aliphatic rings. The van der Waals surface area contributed by atoms with E-state index in [9.17, 15) is 0 Å². The van der Waals surface area contributed by atoms with Gasteiger partial charge in [-0.3, -0.25) is 0 Å². The van der Waals surface area contributed by atoms with E-state index < -0.39 is 0 Å². The van der Waals surface area contributed by atoms with Crippen molar-refractivity contribution in [3.8, 4) is 0 Å². The molecule has 0 nitrogen and oxygen atoms in total. The molecule has 0 aromatic rings. The highest BCUT2D eigenvalue weighted by Gasteiger charge is 2.46. The molecule has 0 radical (unpaired) electrons. The van der Waals surface area contributed by atoms with Crippen molar-refractivity contribution in [1.82, 2.24) is 0 Å². The lowest BCUT2D eigenvalue weighted by Crippen LogP contribution is -1.97. The average Bonchev–Trinajstić information content (AvgIpc) is 3.02. The minimum Gasteiger partial charge on any atom is -0.157 e. The van der Waals surface area contributed by atoms with Crippen molar-refractivity contribution in [2.45, 2.75) is 58.3 Å². The summed E-state index contributed by atoms with van der Waals surface area (Å²) in [5, 5.41) is 4.55. The predicted molar refractivity (Wildman–Crippen MR) is 81.9 cm³/mol. The van der Waals surface area contributed by atoms with Crippen LogP contribution in [0, 0.1) is 17.8 Å². The van der Waals surface area contributed by atoms with E-state index in [4.69, 9.17) is 0 Å². The molecular weight excluding hydrogens is 224 g/mol. The van der Waals surface area contributed by atoms with E-state index in [0.29, 0.717) is 0 Å². The summed E-state index contributed by atoms with van der Waals surface area (Å²) in [7, 11) is 1.85. The van der Waals surface area contributed by atoms with Gasteiger partial charge in [0, 0.05) is 0 Å². The van der Waals surface area contributed by atoms with E-state index in [1.54, 1.807) is 6.42 Å². The Morgan fingerprint density at radius 3 is 2.88 bits per heavy atom. The first-order valence-electron chi connectivity index (χ1n) is 7.37. The monoisotopic (exact) mass is 250 g/mol. The van der Waals surface area contributed by atoms with E-state index in [-0.39, 0.29) is 0 Å². The Hall–Kier alpha value is -0.300. The van der Waals surface area contributed by atoms with Crippen LogP contribution in [0.4, 0.5) is 0 Å². The molecule has 0 saturated heterocycles. The lowest BCUT2D eigenvalue weighted by atomic mass is 9.98. The fraction of sp³-hybridized carbons (Fsp3) is 0.750. The Kier molecular flexibility index (Phi) is 5.57. The minimum atomic E-state index is 1.08. The summed E-state index contributed by atoms with van der Waals surface area (Å²) >= 11 is 0. The number of rotatable bonds is 7. The van der Waals surface area contributed by atoms with Crippen molar-refractivity contribution in [2.75, 3.05) is 0 Å². The molecule has 2 saturated carbocycles. The van der Waals surface area contributed by atoms with E-state index >= 15 is 0 Å². The first-order valence-corrected chi connectivity index (χ1v) is 8.31. The molecule has 0 heterocycles. The van der Waals surface area contributed by atoms with Crippen molar-refractivity contribution in [2.24, 2.45) is 17.8 Å². The molecular formula is C16H26S. The lowest BCUT2D eigenvalue weighted by molar-refractivity contribution is 0.448. The Balaban J connectivity index is 1.53. The molecule has 0 aromatic carbocycles. The third kappa shape index (κ3) is 4.46. The van der Waals surface area contributed by atoms with Crippen LogP contribution in [-0.2, 0) is 0 Å². The molecule has 96 valence electrons. The molecule has 2 fully saturated rings. The molecule has 0 bridgehead atoms. The standard InChI is InChI=1S/C16H26S/c1-2-3-6-11-17-12-7-4-5-8-14-9-10-15-13-16(14)15/h4,7,11-12,14-16H,2-3,5-6,8-10,13H2,1H3/b7-4-. The number of hydrogen-bond acceptors (Lipinski definition) is 0. The zero-order valence-corrected chi connectivity index (χ0v) is 11.9. The smallest absolute Gasteiger partial charge is 0.0100 e. The molecule has 0 amide bonds. The third-order valence-corrected chi connectivity index (χ3v) is 5.00. The van der Waals surface area contributed by atoms with E-state index in [1.165, 1.54) is 44.9 Å². The van der Waals surface area contributed by atoms with Gasteiger partial charge in [-0.05, 0) is 73.4 Å². The third-order valence-electron chi connectivity index (χ3n) is 4.26. The van der Waals surface area contributed by atoms with Crippen LogP contribution in [0.5, 0.6) is 0 Å². The molecule has 0 aliphatic heterocycles. The van der Waals surface area contributed by atoms with Gasteiger partial charge in [-0.1, -0.05) is 25.5 Å².